The molecule has 2 N–H and O–H groups in total. The standard InChI is InChI=1S/C35H42N2O10S/c1-23(2)18-37(48(40,41)27-12-13-31-32(17-27)46-22-45-31)19-30(38)29(36-35(39)47-33-21-44-34-28(33)14-15-42-34)16-24-8-10-26(11-9-24)43-20-25-6-4-3-5-7-25/h3-13,17,23,28-30,33-34,38H,14-16,18-22H2,1-2H3,(H,36,39)/t28-,29-,30+,33-,34+/m0/s1. The average molecular weight is 683 g/mol. The largest absolute Gasteiger partial charge is 0.489 e. The number of fused-ring (bicyclic) bond motifs is 2. The number of ether oxygens (including phenoxy) is 6. The zero-order chi connectivity index (χ0) is 33.7. The SMILES string of the molecule is CC(C)CN(C[C@@H](O)[C@H](Cc1ccc(OCc2ccccc2)cc1)NC(=O)O[C@H]1CO[C@H]2OCC[C@H]21)S(=O)(=O)c1ccc2c(c1)OCO2. The molecule has 0 aromatic heterocycles. The lowest BCUT2D eigenvalue weighted by molar-refractivity contribution is -0.0907. The fraction of sp³-hybridized carbons (Fsp3) is 0.457. The Bertz CT molecular complexity index is 1640. The van der Waals surface area contributed by atoms with Crippen LogP contribution in [0.4, 0.5) is 4.79 Å². The van der Waals surface area contributed by atoms with E-state index < -0.39 is 40.7 Å². The molecule has 2 saturated heterocycles. The third kappa shape index (κ3) is 8.21. The van der Waals surface area contributed by atoms with Crippen LogP contribution in [0, 0.1) is 11.8 Å². The van der Waals surface area contributed by atoms with Crippen LogP contribution in [-0.4, -0.2) is 81.6 Å². The third-order valence-corrected chi connectivity index (χ3v) is 10.4. The van der Waals surface area contributed by atoms with Gasteiger partial charge in [-0.3, -0.25) is 0 Å². The predicted octanol–water partition coefficient (Wildman–Crippen LogP) is 4.10. The molecule has 1 amide bonds. The second kappa shape index (κ2) is 15.1. The molecular formula is C35H42N2O10S. The van der Waals surface area contributed by atoms with Crippen molar-refractivity contribution in [3.05, 3.63) is 83.9 Å². The fourth-order valence-electron chi connectivity index (χ4n) is 6.07. The molecule has 0 bridgehead atoms. The average Bonchev–Trinajstić information content (AvgIpc) is 3.83. The highest BCUT2D eigenvalue weighted by Crippen LogP contribution is 2.35. The van der Waals surface area contributed by atoms with Gasteiger partial charge in [0.15, 0.2) is 17.8 Å². The first kappa shape index (κ1) is 34.0. The minimum absolute atomic E-state index is 0.0121. The molecule has 3 aliphatic rings. The van der Waals surface area contributed by atoms with Crippen LogP contribution >= 0.6 is 0 Å². The number of hydrogen-bond donors (Lipinski definition) is 2. The monoisotopic (exact) mass is 682 g/mol. The van der Waals surface area contributed by atoms with E-state index in [2.05, 4.69) is 5.32 Å². The van der Waals surface area contributed by atoms with E-state index in [1.807, 2.05) is 68.4 Å². The number of aliphatic hydroxyl groups is 1. The van der Waals surface area contributed by atoms with Crippen LogP contribution in [0.25, 0.3) is 0 Å². The highest BCUT2D eigenvalue weighted by Gasteiger charge is 2.44. The molecule has 3 aromatic rings. The van der Waals surface area contributed by atoms with Gasteiger partial charge in [-0.15, -0.1) is 0 Å². The van der Waals surface area contributed by atoms with Crippen molar-refractivity contribution in [1.29, 1.82) is 0 Å². The maximum atomic E-state index is 13.9. The number of hydrogen-bond acceptors (Lipinski definition) is 10. The zero-order valence-corrected chi connectivity index (χ0v) is 27.8. The van der Waals surface area contributed by atoms with Crippen LogP contribution in [-0.2, 0) is 37.3 Å². The van der Waals surface area contributed by atoms with Gasteiger partial charge in [0.2, 0.25) is 16.8 Å². The van der Waals surface area contributed by atoms with E-state index in [1.54, 1.807) is 6.07 Å². The van der Waals surface area contributed by atoms with E-state index in [1.165, 1.54) is 16.4 Å². The van der Waals surface area contributed by atoms with Gasteiger partial charge in [0, 0.05) is 19.2 Å². The number of rotatable bonds is 14. The van der Waals surface area contributed by atoms with Crippen LogP contribution in [0.5, 0.6) is 17.2 Å². The van der Waals surface area contributed by atoms with Crippen LogP contribution in [0.3, 0.4) is 0 Å². The van der Waals surface area contributed by atoms with Gasteiger partial charge in [0.1, 0.15) is 18.5 Å². The molecule has 6 rings (SSSR count). The van der Waals surface area contributed by atoms with Crippen molar-refractivity contribution in [1.82, 2.24) is 9.62 Å². The lowest BCUT2D eigenvalue weighted by Crippen LogP contribution is -2.51. The number of benzene rings is 3. The van der Waals surface area contributed by atoms with E-state index in [0.29, 0.717) is 30.5 Å². The molecule has 3 heterocycles. The van der Waals surface area contributed by atoms with Gasteiger partial charge in [0.05, 0.1) is 36.2 Å². The second-order valence-electron chi connectivity index (χ2n) is 12.6. The number of alkyl carbamates (subject to hydrolysis) is 1. The van der Waals surface area contributed by atoms with Crippen molar-refractivity contribution in [2.45, 2.75) is 62.7 Å². The smallest absolute Gasteiger partial charge is 0.407 e. The first-order valence-corrected chi connectivity index (χ1v) is 17.6. The fourth-order valence-corrected chi connectivity index (χ4v) is 7.71. The lowest BCUT2D eigenvalue weighted by Gasteiger charge is -2.31. The molecule has 0 unspecified atom stereocenters. The zero-order valence-electron chi connectivity index (χ0n) is 27.0. The molecule has 0 radical (unpaired) electrons. The third-order valence-electron chi connectivity index (χ3n) is 8.58. The van der Waals surface area contributed by atoms with Crippen molar-refractivity contribution in [2.75, 3.05) is 33.1 Å². The molecule has 13 heteroatoms. The summed E-state index contributed by atoms with van der Waals surface area (Å²) in [6, 6.07) is 20.7. The number of sulfonamides is 1. The summed E-state index contributed by atoms with van der Waals surface area (Å²) in [6.45, 7) is 4.83. The summed E-state index contributed by atoms with van der Waals surface area (Å²) in [5.41, 5.74) is 1.84. The van der Waals surface area contributed by atoms with Crippen LogP contribution in [0.15, 0.2) is 77.7 Å². The maximum absolute atomic E-state index is 13.9. The minimum atomic E-state index is -4.06. The summed E-state index contributed by atoms with van der Waals surface area (Å²) in [4.78, 5) is 13.3. The van der Waals surface area contributed by atoms with Gasteiger partial charge in [-0.2, -0.15) is 4.31 Å². The van der Waals surface area contributed by atoms with E-state index in [9.17, 15) is 18.3 Å². The summed E-state index contributed by atoms with van der Waals surface area (Å²) in [6.07, 6.45) is -1.98. The Hall–Kier alpha value is -3.88. The number of carbonyl (C=O) groups excluding carboxylic acids is 1. The molecule has 12 nitrogen and oxygen atoms in total. The minimum Gasteiger partial charge on any atom is -0.489 e. The van der Waals surface area contributed by atoms with Crippen molar-refractivity contribution < 1.29 is 46.7 Å². The number of nitrogens with one attached hydrogen (secondary N) is 1. The van der Waals surface area contributed by atoms with Crippen LogP contribution in [0.2, 0.25) is 0 Å². The predicted molar refractivity (Wildman–Crippen MR) is 174 cm³/mol. The summed E-state index contributed by atoms with van der Waals surface area (Å²) in [7, 11) is -4.06. The molecular weight excluding hydrogens is 640 g/mol. The van der Waals surface area contributed by atoms with Crippen LogP contribution in [0.1, 0.15) is 31.4 Å². The Morgan fingerprint density at radius 3 is 2.52 bits per heavy atom. The number of carbonyl (C=O) groups is 1. The van der Waals surface area contributed by atoms with E-state index in [0.717, 1.165) is 17.5 Å². The second-order valence-corrected chi connectivity index (χ2v) is 14.6. The first-order valence-electron chi connectivity index (χ1n) is 16.2. The topological polar surface area (TPSA) is 142 Å². The summed E-state index contributed by atoms with van der Waals surface area (Å²) >= 11 is 0. The summed E-state index contributed by atoms with van der Waals surface area (Å²) < 4.78 is 62.6. The Morgan fingerprint density at radius 1 is 0.979 bits per heavy atom. The molecule has 3 aliphatic heterocycles. The summed E-state index contributed by atoms with van der Waals surface area (Å²) in [5.74, 6) is 1.36. The number of amides is 1. The van der Waals surface area contributed by atoms with Gasteiger partial charge in [-0.05, 0) is 54.2 Å². The van der Waals surface area contributed by atoms with Gasteiger partial charge in [-0.25, -0.2) is 13.2 Å². The van der Waals surface area contributed by atoms with Crippen molar-refractivity contribution in [2.24, 2.45) is 11.8 Å². The van der Waals surface area contributed by atoms with Crippen molar-refractivity contribution >= 4 is 16.1 Å². The molecule has 258 valence electrons. The van der Waals surface area contributed by atoms with E-state index in [4.69, 9.17) is 28.4 Å². The number of aliphatic hydroxyl groups excluding tert-OH is 1. The van der Waals surface area contributed by atoms with E-state index in [-0.39, 0.29) is 49.6 Å². The Kier molecular flexibility index (Phi) is 10.7. The van der Waals surface area contributed by atoms with E-state index >= 15 is 0 Å². The molecule has 0 saturated carbocycles. The maximum Gasteiger partial charge on any atom is 0.407 e. The highest BCUT2D eigenvalue weighted by molar-refractivity contribution is 7.89. The van der Waals surface area contributed by atoms with Crippen molar-refractivity contribution in [3.8, 4) is 17.2 Å². The number of nitrogens with zero attached hydrogens (tertiary/aromatic N) is 1. The summed E-state index contributed by atoms with van der Waals surface area (Å²) in [5, 5.41) is 14.5. The Labute approximate surface area is 280 Å². The van der Waals surface area contributed by atoms with Crippen molar-refractivity contribution in [3.63, 3.8) is 0 Å². The van der Waals surface area contributed by atoms with Gasteiger partial charge < -0.3 is 38.8 Å². The highest BCUT2D eigenvalue weighted by atomic mass is 32.2. The molecule has 5 atom stereocenters. The lowest BCUT2D eigenvalue weighted by atomic mass is 10.0. The molecule has 2 fully saturated rings. The molecule has 48 heavy (non-hydrogen) atoms. The first-order chi connectivity index (χ1) is 23.2. The van der Waals surface area contributed by atoms with Crippen LogP contribution < -0.4 is 19.5 Å². The van der Waals surface area contributed by atoms with Gasteiger partial charge in [0.25, 0.3) is 0 Å². The van der Waals surface area contributed by atoms with Gasteiger partial charge >= 0.3 is 6.09 Å². The normalized spacial score (nSPS) is 21.2. The Morgan fingerprint density at radius 2 is 1.75 bits per heavy atom. The quantitative estimate of drug-likeness (QED) is 0.255. The molecule has 3 aromatic carbocycles. The molecule has 0 spiro atoms. The van der Waals surface area contributed by atoms with Gasteiger partial charge in [-0.1, -0.05) is 56.3 Å². The molecule has 0 aliphatic carbocycles. The Balaban J connectivity index is 1.18.